The molecule has 1 saturated carbocycles. The van der Waals surface area contributed by atoms with Crippen molar-refractivity contribution in [3.05, 3.63) is 35.9 Å². The highest BCUT2D eigenvalue weighted by molar-refractivity contribution is 5.73. The Morgan fingerprint density at radius 3 is 2.60 bits per heavy atom. The number of nitriles is 1. The van der Waals surface area contributed by atoms with Crippen molar-refractivity contribution in [1.29, 1.82) is 5.26 Å². The van der Waals surface area contributed by atoms with Crippen LogP contribution in [-0.2, 0) is 0 Å². The largest absolute Gasteiger partial charge is 0.331 e. The average molecular weight is 340 g/mol. The topological polar surface area (TPSA) is 59.4 Å². The fourth-order valence-corrected chi connectivity index (χ4v) is 3.88. The van der Waals surface area contributed by atoms with Crippen LogP contribution in [0.4, 0.5) is 4.79 Å². The summed E-state index contributed by atoms with van der Waals surface area (Å²) in [6, 6.07) is 13.6. The molecule has 1 aliphatic carbocycles. The summed E-state index contributed by atoms with van der Waals surface area (Å²) < 4.78 is 0. The summed E-state index contributed by atoms with van der Waals surface area (Å²) in [4.78, 5) is 15.6. The summed E-state index contributed by atoms with van der Waals surface area (Å²) in [7, 11) is 3.58. The van der Waals surface area contributed by atoms with Crippen molar-refractivity contribution in [3.8, 4) is 6.07 Å². The zero-order valence-electron chi connectivity index (χ0n) is 15.2. The van der Waals surface area contributed by atoms with Crippen molar-refractivity contribution < 1.29 is 4.79 Å². The summed E-state index contributed by atoms with van der Waals surface area (Å²) in [6.07, 6.45) is 3.54. The van der Waals surface area contributed by atoms with Crippen LogP contribution >= 0.6 is 0 Å². The Bertz CT molecular complexity index is 629. The van der Waals surface area contributed by atoms with E-state index in [2.05, 4.69) is 41.7 Å². The molecule has 5 nitrogen and oxygen atoms in total. The molecule has 25 heavy (non-hydrogen) atoms. The van der Waals surface area contributed by atoms with Crippen molar-refractivity contribution in [2.24, 2.45) is 5.41 Å². The number of hydrogen-bond acceptors (Lipinski definition) is 3. The second-order valence-corrected chi connectivity index (χ2v) is 7.74. The molecular weight excluding hydrogens is 312 g/mol. The smallest absolute Gasteiger partial charge is 0.319 e. The molecular formula is C20H28N4O. The maximum atomic E-state index is 12.1. The molecule has 5 heteroatoms. The molecule has 0 aromatic heterocycles. The number of hydrogen-bond donors (Lipinski definition) is 1. The Morgan fingerprint density at radius 1 is 1.32 bits per heavy atom. The first-order valence-electron chi connectivity index (χ1n) is 9.16. The van der Waals surface area contributed by atoms with E-state index in [0.717, 1.165) is 32.5 Å². The monoisotopic (exact) mass is 340 g/mol. The summed E-state index contributed by atoms with van der Waals surface area (Å²) >= 11 is 0. The fourth-order valence-electron chi connectivity index (χ4n) is 3.88. The van der Waals surface area contributed by atoms with Gasteiger partial charge in [0.15, 0.2) is 0 Å². The van der Waals surface area contributed by atoms with Gasteiger partial charge in [-0.1, -0.05) is 30.3 Å². The van der Waals surface area contributed by atoms with Crippen molar-refractivity contribution in [3.63, 3.8) is 0 Å². The van der Waals surface area contributed by atoms with Gasteiger partial charge in [-0.25, -0.2) is 4.79 Å². The predicted molar refractivity (Wildman–Crippen MR) is 98.1 cm³/mol. The van der Waals surface area contributed by atoms with Gasteiger partial charge >= 0.3 is 6.03 Å². The number of urea groups is 1. The Hall–Kier alpha value is -2.06. The number of likely N-dealkylation sites (tertiary alicyclic amines) is 1. The SMILES string of the molecule is CN(C)C(=O)N1CCC(CC#N)(CNC2CC2c2ccccc2)CC1. The summed E-state index contributed by atoms with van der Waals surface area (Å²) in [5, 5.41) is 13.0. The standard InChI is InChI=1S/C20H28N4O/c1-23(2)19(25)24-12-9-20(8-11-21,10-13-24)15-22-18-14-17(18)16-6-4-3-5-7-16/h3-7,17-18,22H,8-10,12-15H2,1-2H3. The second kappa shape index (κ2) is 7.45. The fraction of sp³-hybridized carbons (Fsp3) is 0.600. The first-order chi connectivity index (χ1) is 12.0. The van der Waals surface area contributed by atoms with Gasteiger partial charge in [-0.15, -0.1) is 0 Å². The van der Waals surface area contributed by atoms with Gasteiger partial charge in [0.25, 0.3) is 0 Å². The number of piperidine rings is 1. The first kappa shape index (κ1) is 17.8. The third-order valence-electron chi connectivity index (χ3n) is 5.69. The number of carbonyl (C=O) groups is 1. The molecule has 2 atom stereocenters. The zero-order valence-corrected chi connectivity index (χ0v) is 15.2. The molecule has 3 rings (SSSR count). The minimum atomic E-state index is 0.00166. The molecule has 1 aromatic carbocycles. The van der Waals surface area contributed by atoms with Crippen LogP contribution in [0.1, 0.15) is 37.2 Å². The molecule has 1 saturated heterocycles. The molecule has 0 bridgehead atoms. The summed E-state index contributed by atoms with van der Waals surface area (Å²) in [5.74, 6) is 0.607. The molecule has 0 spiro atoms. The minimum absolute atomic E-state index is 0.00166. The van der Waals surface area contributed by atoms with E-state index >= 15 is 0 Å². The second-order valence-electron chi connectivity index (χ2n) is 7.74. The summed E-state index contributed by atoms with van der Waals surface area (Å²) in [5.41, 5.74) is 1.41. The molecule has 1 heterocycles. The first-order valence-corrected chi connectivity index (χ1v) is 9.16. The molecule has 2 fully saturated rings. The van der Waals surface area contributed by atoms with Gasteiger partial charge < -0.3 is 15.1 Å². The van der Waals surface area contributed by atoms with Gasteiger partial charge in [0.05, 0.1) is 6.07 Å². The molecule has 1 aliphatic heterocycles. The minimum Gasteiger partial charge on any atom is -0.331 e. The molecule has 2 amide bonds. The number of rotatable bonds is 5. The van der Waals surface area contributed by atoms with E-state index in [0.29, 0.717) is 18.4 Å². The number of carbonyl (C=O) groups excluding carboxylic acids is 1. The van der Waals surface area contributed by atoms with Gasteiger partial charge in [-0.2, -0.15) is 5.26 Å². The molecule has 1 N–H and O–H groups in total. The predicted octanol–water partition coefficient (Wildman–Crippen LogP) is 2.81. The normalized spacial score (nSPS) is 24.4. The van der Waals surface area contributed by atoms with Crippen LogP contribution < -0.4 is 5.32 Å². The Balaban J connectivity index is 1.53. The van der Waals surface area contributed by atoms with Crippen molar-refractivity contribution in [2.75, 3.05) is 33.7 Å². The number of nitrogens with zero attached hydrogens (tertiary/aromatic N) is 3. The molecule has 134 valence electrons. The number of amides is 2. The van der Waals surface area contributed by atoms with Crippen LogP contribution in [0.2, 0.25) is 0 Å². The van der Waals surface area contributed by atoms with Crippen LogP contribution in [0.3, 0.4) is 0 Å². The van der Waals surface area contributed by atoms with Crippen molar-refractivity contribution in [2.45, 2.75) is 37.6 Å². The van der Waals surface area contributed by atoms with E-state index in [1.807, 2.05) is 4.90 Å². The lowest BCUT2D eigenvalue weighted by Crippen LogP contribution is -2.49. The van der Waals surface area contributed by atoms with Crippen LogP contribution in [0, 0.1) is 16.7 Å². The highest BCUT2D eigenvalue weighted by Crippen LogP contribution is 2.42. The zero-order chi connectivity index (χ0) is 17.9. The third kappa shape index (κ3) is 4.13. The van der Waals surface area contributed by atoms with E-state index < -0.39 is 0 Å². The van der Waals surface area contributed by atoms with Crippen LogP contribution in [0.15, 0.2) is 30.3 Å². The van der Waals surface area contributed by atoms with Gasteiger partial charge in [0.2, 0.25) is 0 Å². The molecule has 2 unspecified atom stereocenters. The van der Waals surface area contributed by atoms with Gasteiger partial charge in [0.1, 0.15) is 0 Å². The molecule has 0 radical (unpaired) electrons. The quantitative estimate of drug-likeness (QED) is 0.897. The summed E-state index contributed by atoms with van der Waals surface area (Å²) in [6.45, 7) is 2.36. The van der Waals surface area contributed by atoms with Crippen molar-refractivity contribution in [1.82, 2.24) is 15.1 Å². The maximum Gasteiger partial charge on any atom is 0.319 e. The highest BCUT2D eigenvalue weighted by Gasteiger charge is 2.41. The van der Waals surface area contributed by atoms with Crippen LogP contribution in [0.5, 0.6) is 0 Å². The van der Waals surface area contributed by atoms with Crippen LogP contribution in [0.25, 0.3) is 0 Å². The van der Waals surface area contributed by atoms with Gasteiger partial charge in [-0.3, -0.25) is 0 Å². The lowest BCUT2D eigenvalue weighted by molar-refractivity contribution is 0.104. The van der Waals surface area contributed by atoms with Crippen molar-refractivity contribution >= 4 is 6.03 Å². The van der Waals surface area contributed by atoms with Crippen LogP contribution in [-0.4, -0.2) is 55.6 Å². The van der Waals surface area contributed by atoms with Gasteiger partial charge in [0, 0.05) is 52.1 Å². The van der Waals surface area contributed by atoms with E-state index in [1.165, 1.54) is 12.0 Å². The lowest BCUT2D eigenvalue weighted by atomic mass is 9.76. The Kier molecular flexibility index (Phi) is 5.29. The number of benzene rings is 1. The van der Waals surface area contributed by atoms with E-state index in [-0.39, 0.29) is 11.4 Å². The third-order valence-corrected chi connectivity index (χ3v) is 5.69. The van der Waals surface area contributed by atoms with E-state index in [1.54, 1.807) is 19.0 Å². The highest BCUT2D eigenvalue weighted by atomic mass is 16.2. The maximum absolute atomic E-state index is 12.1. The Morgan fingerprint density at radius 2 is 2.00 bits per heavy atom. The lowest BCUT2D eigenvalue weighted by Gasteiger charge is -2.41. The Labute approximate surface area is 150 Å². The average Bonchev–Trinajstić information content (AvgIpc) is 3.41. The van der Waals surface area contributed by atoms with E-state index in [4.69, 9.17) is 0 Å². The van der Waals surface area contributed by atoms with E-state index in [9.17, 15) is 10.1 Å². The molecule has 1 aromatic rings. The van der Waals surface area contributed by atoms with Gasteiger partial charge in [-0.05, 0) is 30.2 Å². The number of nitrogens with one attached hydrogen (secondary N) is 1. The molecule has 2 aliphatic rings.